The number of benzene rings is 2. The number of nitrogens with one attached hydrogen (secondary N) is 1. The summed E-state index contributed by atoms with van der Waals surface area (Å²) in [5.41, 5.74) is 1.34. The van der Waals surface area contributed by atoms with Crippen molar-refractivity contribution in [3.05, 3.63) is 65.1 Å². The van der Waals surface area contributed by atoms with Gasteiger partial charge in [0, 0.05) is 9.92 Å². The highest BCUT2D eigenvalue weighted by molar-refractivity contribution is 8.00. The molecular formula is C20H16ClN3O3S. The van der Waals surface area contributed by atoms with E-state index in [9.17, 15) is 15.2 Å². The number of aromatic nitrogens is 2. The maximum atomic E-state index is 12.2. The van der Waals surface area contributed by atoms with Crippen molar-refractivity contribution in [2.45, 2.75) is 17.1 Å². The number of rotatable bonds is 6. The second-order valence-corrected chi connectivity index (χ2v) is 7.71. The number of para-hydroxylation sites is 2. The van der Waals surface area contributed by atoms with E-state index in [1.807, 2.05) is 36.4 Å². The molecule has 0 saturated heterocycles. The van der Waals surface area contributed by atoms with Crippen LogP contribution >= 0.6 is 23.4 Å². The van der Waals surface area contributed by atoms with Crippen LogP contribution in [0.2, 0.25) is 5.02 Å². The number of hydrogen-bond donors (Lipinski definition) is 2. The number of nitrogens with zero attached hydrogens (tertiary/aromatic N) is 2. The molecule has 0 bridgehead atoms. The van der Waals surface area contributed by atoms with Crippen LogP contribution < -0.4 is 0 Å². The summed E-state index contributed by atoms with van der Waals surface area (Å²) in [5, 5.41) is 19.7. The maximum Gasteiger partial charge on any atom is 0.319 e. The molecule has 1 atom stereocenters. The Morgan fingerprint density at radius 2 is 2.04 bits per heavy atom. The van der Waals surface area contributed by atoms with Crippen molar-refractivity contribution in [1.29, 1.82) is 5.26 Å². The van der Waals surface area contributed by atoms with Gasteiger partial charge in [0.2, 0.25) is 0 Å². The summed E-state index contributed by atoms with van der Waals surface area (Å²) < 4.78 is 5.15. The zero-order valence-electron chi connectivity index (χ0n) is 14.8. The van der Waals surface area contributed by atoms with Gasteiger partial charge in [0.05, 0.1) is 11.0 Å². The highest BCUT2D eigenvalue weighted by Gasteiger charge is 2.19. The van der Waals surface area contributed by atoms with Gasteiger partial charge in [0.1, 0.15) is 23.5 Å². The number of imidazole rings is 1. The molecule has 2 N–H and O–H groups in total. The first kappa shape index (κ1) is 19.8. The number of ether oxygens (including phenoxy) is 1. The number of hydrogen-bond acceptors (Lipinski definition) is 6. The Kier molecular flexibility index (Phi) is 6.24. The van der Waals surface area contributed by atoms with Crippen LogP contribution in [-0.2, 0) is 9.53 Å². The summed E-state index contributed by atoms with van der Waals surface area (Å²) in [4.78, 5) is 20.3. The lowest BCUT2D eigenvalue weighted by Gasteiger charge is -2.11. The molecule has 0 fully saturated rings. The summed E-state index contributed by atoms with van der Waals surface area (Å²) in [5.74, 6) is -0.646. The Morgan fingerprint density at radius 1 is 1.32 bits per heavy atom. The lowest BCUT2D eigenvalue weighted by atomic mass is 10.2. The number of allylic oxidation sites excluding steroid dienone is 1. The predicted octanol–water partition coefficient (Wildman–Crippen LogP) is 4.73. The third-order valence-electron chi connectivity index (χ3n) is 3.84. The normalized spacial score (nSPS) is 12.9. The third-order valence-corrected chi connectivity index (χ3v) is 5.18. The second-order valence-electron chi connectivity index (χ2n) is 5.86. The number of halogens is 1. The maximum absolute atomic E-state index is 12.2. The van der Waals surface area contributed by atoms with Crippen LogP contribution in [0.1, 0.15) is 12.7 Å². The van der Waals surface area contributed by atoms with E-state index in [4.69, 9.17) is 16.3 Å². The molecule has 0 aliphatic heterocycles. The Morgan fingerprint density at radius 3 is 2.71 bits per heavy atom. The zero-order valence-corrected chi connectivity index (χ0v) is 16.4. The Labute approximate surface area is 170 Å². The van der Waals surface area contributed by atoms with Crippen LogP contribution in [0.25, 0.3) is 16.6 Å². The van der Waals surface area contributed by atoms with Crippen LogP contribution in [0.3, 0.4) is 0 Å². The van der Waals surface area contributed by atoms with E-state index in [0.29, 0.717) is 10.5 Å². The molecule has 2 aromatic carbocycles. The van der Waals surface area contributed by atoms with Crippen molar-refractivity contribution in [3.8, 4) is 6.07 Å². The van der Waals surface area contributed by atoms with E-state index in [-0.39, 0.29) is 17.2 Å². The molecule has 28 heavy (non-hydrogen) atoms. The molecular weight excluding hydrogens is 398 g/mol. The van der Waals surface area contributed by atoms with Crippen molar-refractivity contribution in [2.24, 2.45) is 0 Å². The minimum Gasteiger partial charge on any atom is -0.507 e. The standard InChI is InChI=1S/C20H16ClN3O3S/c1-12(28-14-8-6-13(21)7-9-14)20(26)27-11-18(25)15(10-22)19-23-16-4-2-3-5-17(16)24-19/h2-9,12,25H,11H2,1H3,(H,23,24)/b18-15-/t12-/m0/s1. The van der Waals surface area contributed by atoms with Crippen LogP contribution in [-0.4, -0.2) is 32.9 Å². The molecule has 3 rings (SSSR count). The molecule has 142 valence electrons. The fraction of sp³-hybridized carbons (Fsp3) is 0.150. The van der Waals surface area contributed by atoms with Gasteiger partial charge in [-0.05, 0) is 43.3 Å². The van der Waals surface area contributed by atoms with Crippen LogP contribution in [0, 0.1) is 11.3 Å². The number of carbonyl (C=O) groups is 1. The first-order valence-electron chi connectivity index (χ1n) is 8.34. The number of nitriles is 1. The number of H-pyrrole nitrogens is 1. The van der Waals surface area contributed by atoms with Crippen molar-refractivity contribution >= 4 is 45.9 Å². The summed E-state index contributed by atoms with van der Waals surface area (Å²) in [7, 11) is 0. The predicted molar refractivity (Wildman–Crippen MR) is 109 cm³/mol. The molecule has 6 nitrogen and oxygen atoms in total. The summed E-state index contributed by atoms with van der Waals surface area (Å²) in [6.45, 7) is 1.29. The summed E-state index contributed by atoms with van der Waals surface area (Å²) >= 11 is 7.16. The zero-order chi connectivity index (χ0) is 20.1. The van der Waals surface area contributed by atoms with Crippen LogP contribution in [0.4, 0.5) is 0 Å². The van der Waals surface area contributed by atoms with Crippen molar-refractivity contribution in [1.82, 2.24) is 9.97 Å². The third kappa shape index (κ3) is 4.66. The number of thioether (sulfide) groups is 1. The van der Waals surface area contributed by atoms with Crippen molar-refractivity contribution in [2.75, 3.05) is 6.61 Å². The number of carbonyl (C=O) groups excluding carboxylic acids is 1. The highest BCUT2D eigenvalue weighted by Crippen LogP contribution is 2.26. The smallest absolute Gasteiger partial charge is 0.319 e. The van der Waals surface area contributed by atoms with Gasteiger partial charge in [-0.3, -0.25) is 4.79 Å². The van der Waals surface area contributed by atoms with Crippen molar-refractivity contribution < 1.29 is 14.6 Å². The molecule has 0 radical (unpaired) electrons. The van der Waals surface area contributed by atoms with Crippen LogP contribution in [0.5, 0.6) is 0 Å². The van der Waals surface area contributed by atoms with E-state index in [0.717, 1.165) is 10.4 Å². The number of aliphatic hydroxyl groups is 1. The van der Waals surface area contributed by atoms with E-state index < -0.39 is 17.8 Å². The molecule has 0 amide bonds. The molecule has 1 heterocycles. The van der Waals surface area contributed by atoms with Gasteiger partial charge < -0.3 is 14.8 Å². The molecule has 0 aliphatic carbocycles. The lowest BCUT2D eigenvalue weighted by Crippen LogP contribution is -2.18. The van der Waals surface area contributed by atoms with E-state index >= 15 is 0 Å². The quantitative estimate of drug-likeness (QED) is 0.262. The van der Waals surface area contributed by atoms with E-state index in [1.165, 1.54) is 11.8 Å². The monoisotopic (exact) mass is 413 g/mol. The second kappa shape index (κ2) is 8.83. The highest BCUT2D eigenvalue weighted by atomic mass is 35.5. The largest absolute Gasteiger partial charge is 0.507 e. The Balaban J connectivity index is 1.66. The van der Waals surface area contributed by atoms with Gasteiger partial charge in [-0.2, -0.15) is 5.26 Å². The molecule has 8 heteroatoms. The average Bonchev–Trinajstić information content (AvgIpc) is 3.12. The number of fused-ring (bicyclic) bond motifs is 1. The van der Waals surface area contributed by atoms with Gasteiger partial charge >= 0.3 is 5.97 Å². The molecule has 0 unspecified atom stereocenters. The Hall–Kier alpha value is -2.95. The summed E-state index contributed by atoms with van der Waals surface area (Å²) in [6, 6.07) is 16.3. The number of aromatic amines is 1. The fourth-order valence-corrected chi connectivity index (χ4v) is 3.41. The fourth-order valence-electron chi connectivity index (χ4n) is 2.42. The van der Waals surface area contributed by atoms with Gasteiger partial charge in [0.15, 0.2) is 11.6 Å². The SMILES string of the molecule is C[C@H](Sc1ccc(Cl)cc1)C(=O)OC/C(O)=C(\C#N)c1nc2ccccc2[nH]1. The average molecular weight is 414 g/mol. The van der Waals surface area contributed by atoms with Gasteiger partial charge in [-0.25, -0.2) is 4.98 Å². The first-order chi connectivity index (χ1) is 13.5. The minimum absolute atomic E-state index is 0.0676. The minimum atomic E-state index is -0.506. The molecule has 1 aromatic heterocycles. The molecule has 0 aliphatic rings. The molecule has 0 spiro atoms. The topological polar surface area (TPSA) is 99.0 Å². The molecule has 0 saturated carbocycles. The number of aliphatic hydroxyl groups excluding tert-OH is 1. The molecule has 3 aromatic rings. The lowest BCUT2D eigenvalue weighted by molar-refractivity contribution is -0.142. The van der Waals surface area contributed by atoms with Gasteiger partial charge in [0.25, 0.3) is 0 Å². The van der Waals surface area contributed by atoms with E-state index in [2.05, 4.69) is 9.97 Å². The first-order valence-corrected chi connectivity index (χ1v) is 9.60. The summed E-state index contributed by atoms with van der Waals surface area (Å²) in [6.07, 6.45) is 0. The van der Waals surface area contributed by atoms with Crippen molar-refractivity contribution in [3.63, 3.8) is 0 Å². The number of esters is 1. The van der Waals surface area contributed by atoms with Gasteiger partial charge in [-0.1, -0.05) is 23.7 Å². The van der Waals surface area contributed by atoms with Gasteiger partial charge in [-0.15, -0.1) is 11.8 Å². The van der Waals surface area contributed by atoms with E-state index in [1.54, 1.807) is 25.1 Å². The Bertz CT molecular complexity index is 1040. The van der Waals surface area contributed by atoms with Crippen LogP contribution in [0.15, 0.2) is 59.2 Å².